The lowest BCUT2D eigenvalue weighted by molar-refractivity contribution is 0.0503. The summed E-state index contributed by atoms with van der Waals surface area (Å²) in [7, 11) is 0. The van der Waals surface area contributed by atoms with Crippen molar-refractivity contribution in [2.75, 3.05) is 6.54 Å². The van der Waals surface area contributed by atoms with E-state index in [2.05, 4.69) is 10.2 Å². The first kappa shape index (κ1) is 13.2. The molecule has 0 saturated carbocycles. The van der Waals surface area contributed by atoms with Crippen molar-refractivity contribution in [1.29, 1.82) is 0 Å². The van der Waals surface area contributed by atoms with E-state index in [1.165, 1.54) is 12.1 Å². The third kappa shape index (κ3) is 3.88. The highest BCUT2D eigenvalue weighted by Gasteiger charge is 2.10. The maximum absolute atomic E-state index is 11.7. The van der Waals surface area contributed by atoms with Crippen molar-refractivity contribution in [2.24, 2.45) is 11.8 Å². The van der Waals surface area contributed by atoms with Gasteiger partial charge >= 0.3 is 5.97 Å². The van der Waals surface area contributed by atoms with Gasteiger partial charge in [0.15, 0.2) is 0 Å². The summed E-state index contributed by atoms with van der Waals surface area (Å²) in [5.41, 5.74) is 0.665. The van der Waals surface area contributed by atoms with Gasteiger partial charge in [0, 0.05) is 12.1 Å². The number of amides is 1. The zero-order valence-corrected chi connectivity index (χ0v) is 9.90. The molecule has 0 radical (unpaired) electrons. The Morgan fingerprint density at radius 2 is 2.00 bits per heavy atom. The minimum absolute atomic E-state index is 0.217. The maximum Gasteiger partial charge on any atom is 0.356 e. The largest absolute Gasteiger partial charge is 0.370 e. The van der Waals surface area contributed by atoms with E-state index in [1.807, 2.05) is 13.8 Å². The number of carbonyl (C=O) groups excluding carboxylic acids is 2. The number of nitrogens with two attached hydrogens (primary N) is 1. The monoisotopic (exact) mass is 236 g/mol. The standard InChI is InChI=1S/C12H16N2O3/c1-8(2)7-14-11(15)9-4-3-5-10(6-9)12(16)17-13/h3-6,8H,7,13H2,1-2H3,(H,14,15). The predicted octanol–water partition coefficient (Wildman–Crippen LogP) is 1.10. The van der Waals surface area contributed by atoms with Crippen LogP contribution in [0.15, 0.2) is 24.3 Å². The molecule has 0 aliphatic carbocycles. The highest BCUT2D eigenvalue weighted by atomic mass is 16.7. The maximum atomic E-state index is 11.7. The third-order valence-electron chi connectivity index (χ3n) is 2.14. The van der Waals surface area contributed by atoms with E-state index in [-0.39, 0.29) is 11.5 Å². The van der Waals surface area contributed by atoms with E-state index in [9.17, 15) is 9.59 Å². The van der Waals surface area contributed by atoms with Crippen molar-refractivity contribution in [1.82, 2.24) is 5.32 Å². The molecule has 0 aliphatic heterocycles. The van der Waals surface area contributed by atoms with Gasteiger partial charge in [-0.15, -0.1) is 0 Å². The van der Waals surface area contributed by atoms with E-state index in [0.29, 0.717) is 18.0 Å². The average molecular weight is 236 g/mol. The molecule has 5 nitrogen and oxygen atoms in total. The Balaban J connectivity index is 2.77. The second-order valence-electron chi connectivity index (χ2n) is 4.09. The molecule has 0 bridgehead atoms. The molecule has 0 fully saturated rings. The van der Waals surface area contributed by atoms with E-state index in [4.69, 9.17) is 5.90 Å². The second kappa shape index (κ2) is 6.00. The molecule has 1 aromatic rings. The normalized spacial score (nSPS) is 10.1. The second-order valence-corrected chi connectivity index (χ2v) is 4.09. The van der Waals surface area contributed by atoms with Gasteiger partial charge in [0.1, 0.15) is 0 Å². The molecule has 3 N–H and O–H groups in total. The van der Waals surface area contributed by atoms with Crippen LogP contribution in [0.4, 0.5) is 0 Å². The summed E-state index contributed by atoms with van der Waals surface area (Å²) in [5.74, 6) is 4.27. The minimum atomic E-state index is -0.663. The van der Waals surface area contributed by atoms with E-state index in [1.54, 1.807) is 12.1 Å². The van der Waals surface area contributed by atoms with Crippen LogP contribution in [-0.2, 0) is 4.84 Å². The van der Waals surface area contributed by atoms with Gasteiger partial charge in [-0.1, -0.05) is 19.9 Å². The first-order valence-electron chi connectivity index (χ1n) is 5.34. The fourth-order valence-corrected chi connectivity index (χ4v) is 1.25. The van der Waals surface area contributed by atoms with Gasteiger partial charge in [-0.3, -0.25) is 4.79 Å². The van der Waals surface area contributed by atoms with Gasteiger partial charge in [-0.25, -0.2) is 4.79 Å². The van der Waals surface area contributed by atoms with Crippen LogP contribution in [0.1, 0.15) is 34.6 Å². The number of nitrogens with one attached hydrogen (secondary N) is 1. The van der Waals surface area contributed by atoms with Gasteiger partial charge in [-0.05, 0) is 24.1 Å². The number of carbonyl (C=O) groups is 2. The Hall–Kier alpha value is -1.88. The van der Waals surface area contributed by atoms with Gasteiger partial charge < -0.3 is 10.2 Å². The summed E-state index contributed by atoms with van der Waals surface area (Å²) >= 11 is 0. The summed E-state index contributed by atoms with van der Waals surface area (Å²) in [6, 6.07) is 6.22. The van der Waals surface area contributed by atoms with E-state index < -0.39 is 5.97 Å². The molecule has 17 heavy (non-hydrogen) atoms. The first-order chi connectivity index (χ1) is 8.04. The van der Waals surface area contributed by atoms with Crippen LogP contribution in [0, 0.1) is 5.92 Å². The number of hydrogen-bond acceptors (Lipinski definition) is 4. The van der Waals surface area contributed by atoms with Crippen LogP contribution in [0.3, 0.4) is 0 Å². The lowest BCUT2D eigenvalue weighted by Gasteiger charge is -2.08. The summed E-state index contributed by atoms with van der Waals surface area (Å²) in [5, 5.41) is 2.76. The summed E-state index contributed by atoms with van der Waals surface area (Å²) < 4.78 is 0. The molecule has 92 valence electrons. The fraction of sp³-hybridized carbons (Fsp3) is 0.333. The lowest BCUT2D eigenvalue weighted by Crippen LogP contribution is -2.27. The minimum Gasteiger partial charge on any atom is -0.370 e. The van der Waals surface area contributed by atoms with E-state index >= 15 is 0 Å². The Kier molecular flexibility index (Phi) is 4.66. The third-order valence-corrected chi connectivity index (χ3v) is 2.14. The molecule has 0 spiro atoms. The van der Waals surface area contributed by atoms with Crippen molar-refractivity contribution in [3.63, 3.8) is 0 Å². The molecular formula is C12H16N2O3. The summed E-state index contributed by atoms with van der Waals surface area (Å²) in [4.78, 5) is 27.0. The number of hydrogen-bond donors (Lipinski definition) is 2. The number of rotatable bonds is 4. The predicted molar refractivity (Wildman–Crippen MR) is 63.2 cm³/mol. The first-order valence-corrected chi connectivity index (χ1v) is 5.34. The van der Waals surface area contributed by atoms with Gasteiger partial charge in [0.25, 0.3) is 5.91 Å². The van der Waals surface area contributed by atoms with E-state index in [0.717, 1.165) is 0 Å². The van der Waals surface area contributed by atoms with Crippen LogP contribution in [0.2, 0.25) is 0 Å². The Labute approximate surface area is 99.9 Å². The molecule has 0 saturated heterocycles. The van der Waals surface area contributed by atoms with Crippen LogP contribution >= 0.6 is 0 Å². The SMILES string of the molecule is CC(C)CNC(=O)c1cccc(C(=O)ON)c1. The number of benzene rings is 1. The van der Waals surface area contributed by atoms with Crippen molar-refractivity contribution in [2.45, 2.75) is 13.8 Å². The molecule has 5 heteroatoms. The van der Waals surface area contributed by atoms with Crippen LogP contribution in [0.5, 0.6) is 0 Å². The van der Waals surface area contributed by atoms with Crippen molar-refractivity contribution >= 4 is 11.9 Å². The van der Waals surface area contributed by atoms with Gasteiger partial charge in [0.05, 0.1) is 5.56 Å². The van der Waals surface area contributed by atoms with Gasteiger partial charge in [0.2, 0.25) is 0 Å². The zero-order chi connectivity index (χ0) is 12.8. The highest BCUT2D eigenvalue weighted by Crippen LogP contribution is 2.06. The van der Waals surface area contributed by atoms with Gasteiger partial charge in [-0.2, -0.15) is 5.90 Å². The smallest absolute Gasteiger partial charge is 0.356 e. The molecule has 0 unspecified atom stereocenters. The van der Waals surface area contributed by atoms with Crippen molar-refractivity contribution in [3.8, 4) is 0 Å². The Morgan fingerprint density at radius 3 is 2.59 bits per heavy atom. The van der Waals surface area contributed by atoms with Crippen LogP contribution in [-0.4, -0.2) is 18.4 Å². The molecule has 0 atom stereocenters. The highest BCUT2D eigenvalue weighted by molar-refractivity contribution is 5.97. The quantitative estimate of drug-likeness (QED) is 0.767. The van der Waals surface area contributed by atoms with Crippen molar-refractivity contribution in [3.05, 3.63) is 35.4 Å². The summed E-state index contributed by atoms with van der Waals surface area (Å²) in [6.45, 7) is 4.59. The van der Waals surface area contributed by atoms with Crippen molar-refractivity contribution < 1.29 is 14.4 Å². The molecule has 1 aromatic carbocycles. The van der Waals surface area contributed by atoms with Crippen LogP contribution in [0.25, 0.3) is 0 Å². The fourth-order valence-electron chi connectivity index (χ4n) is 1.25. The molecule has 0 aliphatic rings. The molecule has 0 aromatic heterocycles. The molecule has 0 heterocycles. The zero-order valence-electron chi connectivity index (χ0n) is 9.90. The molecule has 1 amide bonds. The van der Waals surface area contributed by atoms with Crippen LogP contribution < -0.4 is 11.2 Å². The topological polar surface area (TPSA) is 81.4 Å². The lowest BCUT2D eigenvalue weighted by atomic mass is 10.1. The summed E-state index contributed by atoms with van der Waals surface area (Å²) in [6.07, 6.45) is 0. The molecule has 1 rings (SSSR count). The average Bonchev–Trinajstić information content (AvgIpc) is 2.35. The Bertz CT molecular complexity index is 416. The molecular weight excluding hydrogens is 220 g/mol. The Morgan fingerprint density at radius 1 is 1.35 bits per heavy atom.